The fraction of sp³-hybridized carbons (Fsp3) is 0.345. The molecule has 0 spiro atoms. The number of carbonyl (C=O) groups is 2. The Kier molecular flexibility index (Phi) is 8.72. The molecule has 3 aromatic rings. The lowest BCUT2D eigenvalue weighted by atomic mass is 10.0. The summed E-state index contributed by atoms with van der Waals surface area (Å²) in [5.74, 6) is 0. The lowest BCUT2D eigenvalue weighted by Gasteiger charge is -2.36. The number of ether oxygens (including phenoxy) is 1. The summed E-state index contributed by atoms with van der Waals surface area (Å²) in [6, 6.07) is 12.9. The standard InChI is InChI=1S/C29H32F3N5O4/c1-28(2,3)41-27(40)37-14-12-36(13-15-37)18-21-6-10-23(16-24(21)29(30,31)32)35-26(39)34-22-8-4-19(5-9-22)20-7-11-25(38)33-17-20/h4-11,16-17H,12-15,18H2,1-3H3,(H,33,38)(H2,34,35,39). The number of carbonyl (C=O) groups excluding carboxylic acids is 2. The third-order valence-corrected chi connectivity index (χ3v) is 6.35. The van der Waals surface area contributed by atoms with E-state index in [9.17, 15) is 27.6 Å². The lowest BCUT2D eigenvalue weighted by Crippen LogP contribution is -2.49. The molecule has 1 fully saturated rings. The third kappa shape index (κ3) is 8.34. The highest BCUT2D eigenvalue weighted by Gasteiger charge is 2.35. The Morgan fingerprint density at radius 1 is 0.878 bits per heavy atom. The van der Waals surface area contributed by atoms with Gasteiger partial charge in [-0.15, -0.1) is 0 Å². The molecule has 0 aliphatic carbocycles. The van der Waals surface area contributed by atoms with Gasteiger partial charge in [0.15, 0.2) is 0 Å². The van der Waals surface area contributed by atoms with Crippen LogP contribution in [0.3, 0.4) is 0 Å². The van der Waals surface area contributed by atoms with Crippen LogP contribution in [-0.4, -0.2) is 58.7 Å². The Bertz CT molecular complexity index is 1420. The molecule has 0 radical (unpaired) electrons. The number of aromatic nitrogens is 1. The summed E-state index contributed by atoms with van der Waals surface area (Å²) in [5, 5.41) is 5.07. The molecule has 1 aromatic heterocycles. The first kappa shape index (κ1) is 29.7. The molecule has 218 valence electrons. The number of piperazine rings is 1. The molecule has 3 N–H and O–H groups in total. The van der Waals surface area contributed by atoms with Crippen molar-refractivity contribution in [3.8, 4) is 11.1 Å². The van der Waals surface area contributed by atoms with Gasteiger partial charge in [-0.3, -0.25) is 9.69 Å². The van der Waals surface area contributed by atoms with Crippen molar-refractivity contribution in [3.05, 3.63) is 82.3 Å². The Hall–Kier alpha value is -4.32. The number of halogens is 3. The number of pyridine rings is 1. The highest BCUT2D eigenvalue weighted by atomic mass is 19.4. The van der Waals surface area contributed by atoms with Crippen LogP contribution in [0.15, 0.2) is 65.6 Å². The van der Waals surface area contributed by atoms with E-state index in [2.05, 4.69) is 15.6 Å². The maximum absolute atomic E-state index is 14.0. The van der Waals surface area contributed by atoms with Crippen LogP contribution in [0.2, 0.25) is 0 Å². The van der Waals surface area contributed by atoms with Crippen LogP contribution >= 0.6 is 0 Å². The van der Waals surface area contributed by atoms with Crippen LogP contribution in [0.4, 0.5) is 34.1 Å². The number of benzene rings is 2. The highest BCUT2D eigenvalue weighted by molar-refractivity contribution is 6.00. The van der Waals surface area contributed by atoms with Gasteiger partial charge in [0.1, 0.15) is 5.60 Å². The Morgan fingerprint density at radius 2 is 1.49 bits per heavy atom. The zero-order valence-electron chi connectivity index (χ0n) is 23.0. The number of anilines is 2. The minimum absolute atomic E-state index is 0.00169. The largest absolute Gasteiger partial charge is 0.444 e. The van der Waals surface area contributed by atoms with Crippen LogP contribution in [0.1, 0.15) is 31.9 Å². The van der Waals surface area contributed by atoms with Gasteiger partial charge in [-0.2, -0.15) is 13.2 Å². The number of hydrogen-bond acceptors (Lipinski definition) is 5. The van der Waals surface area contributed by atoms with Gasteiger partial charge < -0.3 is 25.3 Å². The Morgan fingerprint density at radius 3 is 2.07 bits per heavy atom. The molecule has 0 saturated carbocycles. The minimum atomic E-state index is -4.63. The molecule has 12 heteroatoms. The zero-order valence-corrected chi connectivity index (χ0v) is 23.0. The summed E-state index contributed by atoms with van der Waals surface area (Å²) in [4.78, 5) is 42.0. The van der Waals surface area contributed by atoms with Crippen molar-refractivity contribution in [1.82, 2.24) is 14.8 Å². The van der Waals surface area contributed by atoms with Crippen molar-refractivity contribution in [2.24, 2.45) is 0 Å². The van der Waals surface area contributed by atoms with E-state index >= 15 is 0 Å². The second-order valence-electron chi connectivity index (χ2n) is 10.7. The molecule has 41 heavy (non-hydrogen) atoms. The van der Waals surface area contributed by atoms with Crippen molar-refractivity contribution in [1.29, 1.82) is 0 Å². The number of amides is 3. The predicted octanol–water partition coefficient (Wildman–Crippen LogP) is 5.76. The maximum atomic E-state index is 14.0. The summed E-state index contributed by atoms with van der Waals surface area (Å²) in [6.07, 6.45) is -3.49. The van der Waals surface area contributed by atoms with E-state index in [0.717, 1.165) is 17.2 Å². The number of hydrogen-bond donors (Lipinski definition) is 3. The van der Waals surface area contributed by atoms with Gasteiger partial charge in [-0.1, -0.05) is 18.2 Å². The molecular weight excluding hydrogens is 539 g/mol. The zero-order chi connectivity index (χ0) is 29.8. The van der Waals surface area contributed by atoms with Gasteiger partial charge in [-0.25, -0.2) is 9.59 Å². The second-order valence-corrected chi connectivity index (χ2v) is 10.7. The predicted molar refractivity (Wildman–Crippen MR) is 150 cm³/mol. The van der Waals surface area contributed by atoms with Gasteiger partial charge in [0.25, 0.3) is 0 Å². The summed E-state index contributed by atoms with van der Waals surface area (Å²) in [6.45, 7) is 6.87. The summed E-state index contributed by atoms with van der Waals surface area (Å²) < 4.78 is 47.2. The van der Waals surface area contributed by atoms with E-state index in [-0.39, 0.29) is 23.4 Å². The first-order valence-corrected chi connectivity index (χ1v) is 13.0. The van der Waals surface area contributed by atoms with Crippen LogP contribution in [0, 0.1) is 0 Å². The summed E-state index contributed by atoms with van der Waals surface area (Å²) >= 11 is 0. The number of rotatable bonds is 5. The highest BCUT2D eigenvalue weighted by Crippen LogP contribution is 2.35. The fourth-order valence-electron chi connectivity index (χ4n) is 4.34. The topological polar surface area (TPSA) is 107 Å². The van der Waals surface area contributed by atoms with Crippen LogP contribution in [-0.2, 0) is 17.5 Å². The molecule has 1 aliphatic heterocycles. The maximum Gasteiger partial charge on any atom is 0.416 e. The molecule has 1 saturated heterocycles. The molecule has 1 aliphatic rings. The summed E-state index contributed by atoms with van der Waals surface area (Å²) in [5.41, 5.74) is 0.422. The quantitative estimate of drug-likeness (QED) is 0.361. The number of aromatic amines is 1. The van der Waals surface area contributed by atoms with Crippen molar-refractivity contribution in [2.75, 3.05) is 36.8 Å². The van der Waals surface area contributed by atoms with E-state index in [4.69, 9.17) is 4.74 Å². The van der Waals surface area contributed by atoms with Crippen LogP contribution in [0.25, 0.3) is 11.1 Å². The smallest absolute Gasteiger partial charge is 0.416 e. The summed E-state index contributed by atoms with van der Waals surface area (Å²) in [7, 11) is 0. The molecule has 3 amide bonds. The SMILES string of the molecule is CC(C)(C)OC(=O)N1CCN(Cc2ccc(NC(=O)Nc3ccc(-c4ccc(=O)[nH]c4)cc3)cc2C(F)(F)F)CC1. The van der Waals surface area contributed by atoms with E-state index < -0.39 is 29.5 Å². The molecule has 0 atom stereocenters. The molecule has 2 heterocycles. The van der Waals surface area contributed by atoms with Gasteiger partial charge in [0.05, 0.1) is 5.56 Å². The van der Waals surface area contributed by atoms with E-state index in [0.29, 0.717) is 31.9 Å². The van der Waals surface area contributed by atoms with Crippen LogP contribution in [0.5, 0.6) is 0 Å². The third-order valence-electron chi connectivity index (χ3n) is 6.35. The number of alkyl halides is 3. The van der Waals surface area contributed by atoms with Gasteiger partial charge in [-0.05, 0) is 67.8 Å². The van der Waals surface area contributed by atoms with Gasteiger partial charge in [0.2, 0.25) is 5.56 Å². The average molecular weight is 572 g/mol. The van der Waals surface area contributed by atoms with Crippen molar-refractivity contribution in [2.45, 2.75) is 39.1 Å². The molecule has 0 unspecified atom stereocenters. The molecule has 2 aromatic carbocycles. The fourth-order valence-corrected chi connectivity index (χ4v) is 4.34. The first-order valence-electron chi connectivity index (χ1n) is 13.0. The first-order chi connectivity index (χ1) is 19.3. The number of H-pyrrole nitrogens is 1. The van der Waals surface area contributed by atoms with Crippen LogP contribution < -0.4 is 16.2 Å². The minimum Gasteiger partial charge on any atom is -0.444 e. The van der Waals surface area contributed by atoms with Crippen molar-refractivity contribution >= 4 is 23.5 Å². The van der Waals surface area contributed by atoms with Gasteiger partial charge >= 0.3 is 18.3 Å². The normalized spacial score (nSPS) is 14.4. The van der Waals surface area contributed by atoms with Crippen molar-refractivity contribution in [3.63, 3.8) is 0 Å². The van der Waals surface area contributed by atoms with Crippen molar-refractivity contribution < 1.29 is 27.5 Å². The van der Waals surface area contributed by atoms with E-state index in [1.807, 2.05) is 4.90 Å². The second kappa shape index (κ2) is 12.0. The molecule has 0 bridgehead atoms. The number of nitrogens with one attached hydrogen (secondary N) is 3. The Labute approximate surface area is 235 Å². The van der Waals surface area contributed by atoms with E-state index in [1.54, 1.807) is 62.2 Å². The molecule has 9 nitrogen and oxygen atoms in total. The monoisotopic (exact) mass is 571 g/mol. The molecule has 4 rings (SSSR count). The van der Waals surface area contributed by atoms with E-state index in [1.165, 1.54) is 18.2 Å². The Balaban J connectivity index is 1.37. The average Bonchev–Trinajstić information content (AvgIpc) is 2.89. The number of urea groups is 1. The lowest BCUT2D eigenvalue weighted by molar-refractivity contribution is -0.138. The molecular formula is C29H32F3N5O4. The van der Waals surface area contributed by atoms with Gasteiger partial charge in [0, 0.05) is 56.4 Å². The number of nitrogens with zero attached hydrogens (tertiary/aromatic N) is 2.